The van der Waals surface area contributed by atoms with Crippen molar-refractivity contribution in [2.24, 2.45) is 12.0 Å². The molecule has 0 spiro atoms. The first-order valence-corrected chi connectivity index (χ1v) is 8.38. The largest absolute Gasteiger partial charge is 0.497 e. The number of nitrogens with one attached hydrogen (secondary N) is 1. The minimum Gasteiger partial charge on any atom is -0.497 e. The van der Waals surface area contributed by atoms with Gasteiger partial charge in [0.1, 0.15) is 17.9 Å². The average Bonchev–Trinajstić information content (AvgIpc) is 3.08. The molecule has 1 fully saturated rings. The lowest BCUT2D eigenvalue weighted by Crippen LogP contribution is -2.52. The van der Waals surface area contributed by atoms with Crippen molar-refractivity contribution in [3.05, 3.63) is 36.4 Å². The zero-order valence-corrected chi connectivity index (χ0v) is 15.0. The van der Waals surface area contributed by atoms with Crippen LogP contribution in [0.5, 0.6) is 5.75 Å². The number of anilines is 1. The quantitative estimate of drug-likeness (QED) is 0.652. The summed E-state index contributed by atoms with van der Waals surface area (Å²) in [6, 6.07) is 8.20. The highest BCUT2D eigenvalue weighted by molar-refractivity contribution is 5.80. The molecule has 1 aromatic heterocycles. The maximum absolute atomic E-state index is 5.32. The first kappa shape index (κ1) is 17.1. The maximum Gasteiger partial charge on any atom is 0.194 e. The van der Waals surface area contributed by atoms with E-state index in [4.69, 9.17) is 4.74 Å². The fourth-order valence-corrected chi connectivity index (χ4v) is 2.95. The van der Waals surface area contributed by atoms with Crippen LogP contribution >= 0.6 is 0 Å². The van der Waals surface area contributed by atoms with E-state index >= 15 is 0 Å². The average molecular weight is 343 g/mol. The summed E-state index contributed by atoms with van der Waals surface area (Å²) < 4.78 is 7.09. The van der Waals surface area contributed by atoms with Gasteiger partial charge in [0.2, 0.25) is 0 Å². The van der Waals surface area contributed by atoms with Gasteiger partial charge >= 0.3 is 0 Å². The number of aliphatic imine (C=N–C) groups is 1. The Morgan fingerprint density at radius 2 is 2.08 bits per heavy atom. The molecule has 0 saturated carbocycles. The van der Waals surface area contributed by atoms with Crippen molar-refractivity contribution in [3.8, 4) is 5.75 Å². The maximum atomic E-state index is 5.32. The molecule has 25 heavy (non-hydrogen) atoms. The summed E-state index contributed by atoms with van der Waals surface area (Å²) in [4.78, 5) is 13.3. The predicted octanol–water partition coefficient (Wildman–Crippen LogP) is 0.721. The van der Waals surface area contributed by atoms with Crippen LogP contribution in [0.2, 0.25) is 0 Å². The van der Waals surface area contributed by atoms with Crippen LogP contribution in [0.4, 0.5) is 5.69 Å². The molecule has 1 aromatic carbocycles. The van der Waals surface area contributed by atoms with Gasteiger partial charge in [-0.15, -0.1) is 0 Å². The summed E-state index contributed by atoms with van der Waals surface area (Å²) in [6.07, 6.45) is 1.56. The number of nitrogens with zero attached hydrogens (tertiary/aromatic N) is 6. The van der Waals surface area contributed by atoms with E-state index in [-0.39, 0.29) is 0 Å². The highest BCUT2D eigenvalue weighted by atomic mass is 16.5. The van der Waals surface area contributed by atoms with Crippen molar-refractivity contribution < 1.29 is 4.74 Å². The van der Waals surface area contributed by atoms with Crippen LogP contribution in [0, 0.1) is 0 Å². The Morgan fingerprint density at radius 3 is 2.72 bits per heavy atom. The summed E-state index contributed by atoms with van der Waals surface area (Å²) in [5.41, 5.74) is 1.20. The number of benzene rings is 1. The molecule has 8 heteroatoms. The zero-order valence-electron chi connectivity index (χ0n) is 15.0. The second-order valence-electron chi connectivity index (χ2n) is 5.88. The number of piperazine rings is 1. The third-order valence-corrected chi connectivity index (χ3v) is 4.42. The van der Waals surface area contributed by atoms with E-state index in [2.05, 4.69) is 42.3 Å². The SMILES string of the molecule is CN=C(NCc1ncnn1C)N1CCN(c2cccc(OC)c2)CC1. The van der Waals surface area contributed by atoms with Crippen molar-refractivity contribution in [2.45, 2.75) is 6.54 Å². The number of hydrogen-bond donors (Lipinski definition) is 1. The molecule has 0 aliphatic carbocycles. The first-order chi connectivity index (χ1) is 12.2. The molecule has 0 amide bonds. The lowest BCUT2D eigenvalue weighted by atomic mass is 10.2. The van der Waals surface area contributed by atoms with Crippen molar-refractivity contribution in [3.63, 3.8) is 0 Å². The van der Waals surface area contributed by atoms with E-state index in [0.29, 0.717) is 6.54 Å². The molecule has 0 radical (unpaired) electrons. The van der Waals surface area contributed by atoms with Gasteiger partial charge in [0.05, 0.1) is 13.7 Å². The molecular formula is C17H25N7O. The number of hydrogen-bond acceptors (Lipinski definition) is 5. The van der Waals surface area contributed by atoms with Gasteiger partial charge in [0, 0.05) is 52.0 Å². The molecule has 2 heterocycles. The fraction of sp³-hybridized carbons (Fsp3) is 0.471. The van der Waals surface area contributed by atoms with Gasteiger partial charge in [0.25, 0.3) is 0 Å². The second-order valence-corrected chi connectivity index (χ2v) is 5.88. The van der Waals surface area contributed by atoms with E-state index in [9.17, 15) is 0 Å². The lowest BCUT2D eigenvalue weighted by Gasteiger charge is -2.37. The molecule has 134 valence electrons. The Balaban J connectivity index is 1.56. The van der Waals surface area contributed by atoms with E-state index < -0.39 is 0 Å². The molecule has 8 nitrogen and oxygen atoms in total. The molecule has 3 rings (SSSR count). The molecular weight excluding hydrogens is 318 g/mol. The summed E-state index contributed by atoms with van der Waals surface area (Å²) in [7, 11) is 5.40. The van der Waals surface area contributed by atoms with Crippen LogP contribution in [0.15, 0.2) is 35.6 Å². The van der Waals surface area contributed by atoms with Crippen LogP contribution < -0.4 is 15.0 Å². The first-order valence-electron chi connectivity index (χ1n) is 8.38. The van der Waals surface area contributed by atoms with Gasteiger partial charge < -0.3 is 19.9 Å². The van der Waals surface area contributed by atoms with Gasteiger partial charge in [0.15, 0.2) is 5.96 Å². The third-order valence-electron chi connectivity index (χ3n) is 4.42. The minimum atomic E-state index is 0.610. The van der Waals surface area contributed by atoms with E-state index in [1.165, 1.54) is 5.69 Å². The summed E-state index contributed by atoms with van der Waals surface area (Å²) in [6.45, 7) is 4.32. The number of guanidine groups is 1. The number of rotatable bonds is 4. The number of aryl methyl sites for hydroxylation is 1. The lowest BCUT2D eigenvalue weighted by molar-refractivity contribution is 0.371. The van der Waals surface area contributed by atoms with Gasteiger partial charge in [-0.25, -0.2) is 4.98 Å². The van der Waals surface area contributed by atoms with Crippen molar-refractivity contribution >= 4 is 11.6 Å². The smallest absolute Gasteiger partial charge is 0.194 e. The van der Waals surface area contributed by atoms with Crippen molar-refractivity contribution in [1.29, 1.82) is 0 Å². The Bertz CT molecular complexity index is 719. The Morgan fingerprint density at radius 1 is 1.28 bits per heavy atom. The normalized spacial score (nSPS) is 15.4. The molecule has 1 aliphatic heterocycles. The Labute approximate surface area is 148 Å². The highest BCUT2D eigenvalue weighted by Gasteiger charge is 2.20. The predicted molar refractivity (Wildman–Crippen MR) is 98.0 cm³/mol. The molecule has 0 atom stereocenters. The number of aromatic nitrogens is 3. The van der Waals surface area contributed by atoms with Crippen LogP contribution in [-0.2, 0) is 13.6 Å². The van der Waals surface area contributed by atoms with E-state index in [1.54, 1.807) is 18.1 Å². The minimum absolute atomic E-state index is 0.610. The van der Waals surface area contributed by atoms with E-state index in [1.807, 2.05) is 26.2 Å². The molecule has 1 aliphatic rings. The van der Waals surface area contributed by atoms with Crippen LogP contribution in [0.25, 0.3) is 0 Å². The van der Waals surface area contributed by atoms with Gasteiger partial charge in [-0.1, -0.05) is 6.07 Å². The van der Waals surface area contributed by atoms with Gasteiger partial charge in [-0.3, -0.25) is 9.67 Å². The Kier molecular flexibility index (Phi) is 5.37. The van der Waals surface area contributed by atoms with Crippen LogP contribution in [0.3, 0.4) is 0 Å². The van der Waals surface area contributed by atoms with Gasteiger partial charge in [-0.2, -0.15) is 5.10 Å². The third kappa shape index (κ3) is 4.01. The monoisotopic (exact) mass is 343 g/mol. The summed E-state index contributed by atoms with van der Waals surface area (Å²) >= 11 is 0. The van der Waals surface area contributed by atoms with Crippen LogP contribution in [0.1, 0.15) is 5.82 Å². The van der Waals surface area contributed by atoms with Crippen LogP contribution in [-0.4, -0.2) is 66.0 Å². The van der Waals surface area contributed by atoms with Crippen molar-refractivity contribution in [2.75, 3.05) is 45.2 Å². The molecule has 0 unspecified atom stereocenters. The zero-order chi connectivity index (χ0) is 17.6. The fourth-order valence-electron chi connectivity index (χ4n) is 2.95. The summed E-state index contributed by atoms with van der Waals surface area (Å²) in [5, 5.41) is 7.45. The van der Waals surface area contributed by atoms with Crippen molar-refractivity contribution in [1.82, 2.24) is 25.0 Å². The second kappa shape index (κ2) is 7.87. The Hall–Kier alpha value is -2.77. The molecule has 1 N–H and O–H groups in total. The number of ether oxygens (including phenoxy) is 1. The highest BCUT2D eigenvalue weighted by Crippen LogP contribution is 2.22. The molecule has 1 saturated heterocycles. The standard InChI is InChI=1S/C17H25N7O/c1-18-17(19-12-16-20-13-21-22(16)2)24-9-7-23(8-10-24)14-5-4-6-15(11-14)25-3/h4-6,11,13H,7-10,12H2,1-3H3,(H,18,19). The summed E-state index contributed by atoms with van der Waals surface area (Å²) in [5.74, 6) is 2.67. The molecule has 0 bridgehead atoms. The van der Waals surface area contributed by atoms with Gasteiger partial charge in [-0.05, 0) is 12.1 Å². The number of methoxy groups -OCH3 is 1. The topological polar surface area (TPSA) is 70.8 Å². The molecule has 2 aromatic rings. The van der Waals surface area contributed by atoms with E-state index in [0.717, 1.165) is 43.7 Å².